The molecule has 35 heavy (non-hydrogen) atoms. The average molecular weight is 534 g/mol. The number of pyridine rings is 1. The van der Waals surface area contributed by atoms with Crippen LogP contribution in [0, 0.1) is 0 Å². The largest absolute Gasteiger partial charge is 0.612 e. The van der Waals surface area contributed by atoms with Crippen molar-refractivity contribution in [3.63, 3.8) is 0 Å². The quantitative estimate of drug-likeness (QED) is 0.351. The van der Waals surface area contributed by atoms with E-state index in [1.165, 1.54) is 11.8 Å². The van der Waals surface area contributed by atoms with Crippen molar-refractivity contribution in [3.8, 4) is 11.3 Å². The van der Waals surface area contributed by atoms with Crippen molar-refractivity contribution in [2.45, 2.75) is 60.1 Å². The Bertz CT molecular complexity index is 1150. The number of amides is 1. The van der Waals surface area contributed by atoms with Crippen LogP contribution in [0.15, 0.2) is 62.0 Å². The fraction of sp³-hybridized carbons (Fsp3) is 0.400. The zero-order valence-corrected chi connectivity index (χ0v) is 22.5. The summed E-state index contributed by atoms with van der Waals surface area (Å²) in [5.74, 6) is 0.728. The number of aromatic nitrogens is 2. The Morgan fingerprint density at radius 3 is 2.46 bits per heavy atom. The predicted molar refractivity (Wildman–Crippen MR) is 137 cm³/mol. The number of oxazole rings is 1. The number of ether oxygens (including phenoxy) is 1. The molecule has 0 N–H and O–H groups in total. The van der Waals surface area contributed by atoms with Gasteiger partial charge in [-0.15, -0.1) is 0 Å². The number of benzene rings is 1. The number of hydrogen-bond donors (Lipinski definition) is 0. The average Bonchev–Trinajstić information content (AvgIpc) is 3.23. The highest BCUT2D eigenvalue weighted by Crippen LogP contribution is 2.39. The lowest BCUT2D eigenvalue weighted by atomic mass is 9.97. The van der Waals surface area contributed by atoms with Crippen molar-refractivity contribution in [3.05, 3.63) is 53.5 Å². The van der Waals surface area contributed by atoms with Gasteiger partial charge in [-0.1, -0.05) is 11.6 Å². The van der Waals surface area contributed by atoms with Gasteiger partial charge in [-0.25, -0.2) is 14.8 Å². The van der Waals surface area contributed by atoms with E-state index in [0.717, 1.165) is 28.3 Å². The summed E-state index contributed by atoms with van der Waals surface area (Å²) in [7, 11) is 0. The highest BCUT2D eigenvalue weighted by Gasteiger charge is 2.31. The molecule has 1 amide bonds. The first-order chi connectivity index (χ1) is 16.6. The summed E-state index contributed by atoms with van der Waals surface area (Å²) in [4.78, 5) is 24.2. The second kappa shape index (κ2) is 10.8. The molecule has 0 bridgehead atoms. The first kappa shape index (κ1) is 25.9. The minimum absolute atomic E-state index is 0.0855. The Morgan fingerprint density at radius 1 is 1.20 bits per heavy atom. The molecule has 1 unspecified atom stereocenters. The molecule has 0 radical (unpaired) electrons. The number of halogens is 1. The van der Waals surface area contributed by atoms with E-state index in [-0.39, 0.29) is 12.0 Å². The van der Waals surface area contributed by atoms with Gasteiger partial charge in [-0.05, 0) is 92.9 Å². The van der Waals surface area contributed by atoms with Crippen LogP contribution in [0.25, 0.3) is 11.3 Å². The third-order valence-electron chi connectivity index (χ3n) is 5.47. The lowest BCUT2D eigenvalue weighted by molar-refractivity contribution is 0.0198. The smallest absolute Gasteiger partial charge is 0.410 e. The Balaban J connectivity index is 1.56. The fourth-order valence-electron chi connectivity index (χ4n) is 3.71. The minimum atomic E-state index is -1.06. The van der Waals surface area contributed by atoms with Crippen LogP contribution in [-0.2, 0) is 15.9 Å². The van der Waals surface area contributed by atoms with E-state index in [0.29, 0.717) is 34.8 Å². The van der Waals surface area contributed by atoms with Gasteiger partial charge in [0.2, 0.25) is 0 Å². The van der Waals surface area contributed by atoms with E-state index in [2.05, 4.69) is 4.98 Å². The predicted octanol–water partition coefficient (Wildman–Crippen LogP) is 6.39. The second-order valence-corrected chi connectivity index (χ2v) is 12.1. The van der Waals surface area contributed by atoms with Crippen LogP contribution in [0.3, 0.4) is 0 Å². The zero-order valence-electron chi connectivity index (χ0n) is 20.1. The molecule has 2 aromatic heterocycles. The first-order valence-electron chi connectivity index (χ1n) is 11.3. The van der Waals surface area contributed by atoms with Gasteiger partial charge >= 0.3 is 6.09 Å². The Hall–Kier alpha value is -2.20. The van der Waals surface area contributed by atoms with Crippen molar-refractivity contribution < 1.29 is 18.5 Å². The number of hydrogen-bond acceptors (Lipinski definition) is 7. The molecular formula is C25H28ClN3O4S2. The van der Waals surface area contributed by atoms with Crippen LogP contribution in [-0.4, -0.2) is 50.5 Å². The molecule has 10 heteroatoms. The van der Waals surface area contributed by atoms with Crippen molar-refractivity contribution in [1.29, 1.82) is 0 Å². The monoisotopic (exact) mass is 533 g/mol. The molecule has 1 atom stereocenters. The number of likely N-dealkylation sites (tertiary alicyclic amines) is 1. The van der Waals surface area contributed by atoms with Crippen molar-refractivity contribution in [2.75, 3.05) is 19.3 Å². The molecular weight excluding hydrogens is 506 g/mol. The maximum absolute atomic E-state index is 12.4. The molecule has 0 aliphatic carbocycles. The molecule has 0 spiro atoms. The highest BCUT2D eigenvalue weighted by molar-refractivity contribution is 7.99. The number of carbonyl (C=O) groups is 1. The lowest BCUT2D eigenvalue weighted by Crippen LogP contribution is -2.41. The highest BCUT2D eigenvalue weighted by atomic mass is 35.5. The molecule has 0 saturated carbocycles. The Morgan fingerprint density at radius 2 is 1.89 bits per heavy atom. The number of nitrogens with zero attached hydrogens (tertiary/aromatic N) is 3. The van der Waals surface area contributed by atoms with Gasteiger partial charge in [0, 0.05) is 30.8 Å². The van der Waals surface area contributed by atoms with E-state index in [1.54, 1.807) is 23.4 Å². The van der Waals surface area contributed by atoms with Gasteiger partial charge < -0.3 is 18.6 Å². The summed E-state index contributed by atoms with van der Waals surface area (Å²) in [6.45, 7) is 6.76. The van der Waals surface area contributed by atoms with Crippen molar-refractivity contribution >= 4 is 40.6 Å². The van der Waals surface area contributed by atoms with E-state index in [4.69, 9.17) is 25.7 Å². The van der Waals surface area contributed by atoms with Gasteiger partial charge in [0.25, 0.3) is 0 Å². The van der Waals surface area contributed by atoms with Gasteiger partial charge in [0.05, 0.1) is 5.02 Å². The van der Waals surface area contributed by atoms with E-state index in [1.807, 2.05) is 51.1 Å². The van der Waals surface area contributed by atoms with E-state index >= 15 is 0 Å². The molecule has 4 rings (SSSR count). The minimum Gasteiger partial charge on any atom is -0.612 e. The second-order valence-electron chi connectivity index (χ2n) is 9.33. The summed E-state index contributed by atoms with van der Waals surface area (Å²) in [5, 5.41) is 1.94. The first-order valence-corrected chi connectivity index (χ1v) is 14.1. The third kappa shape index (κ3) is 6.73. The van der Waals surface area contributed by atoms with Crippen LogP contribution < -0.4 is 0 Å². The van der Waals surface area contributed by atoms with Crippen LogP contribution in [0.2, 0.25) is 5.02 Å². The van der Waals surface area contributed by atoms with Crippen LogP contribution in [0.1, 0.15) is 45.4 Å². The van der Waals surface area contributed by atoms with Gasteiger partial charge in [-0.3, -0.25) is 0 Å². The molecule has 3 heterocycles. The molecule has 1 fully saturated rings. The SMILES string of the molecule is C[S+]([O-])c1ccc(-c2nc(C3CCN(C(=O)OC(C)(C)C)CC3)oc2Sc2ccc(Cl)cn2)cc1. The normalized spacial score (nSPS) is 15.8. The van der Waals surface area contributed by atoms with E-state index < -0.39 is 16.8 Å². The van der Waals surface area contributed by atoms with Crippen molar-refractivity contribution in [2.24, 2.45) is 0 Å². The van der Waals surface area contributed by atoms with Gasteiger partial charge in [0.15, 0.2) is 15.9 Å². The molecule has 186 valence electrons. The molecule has 1 saturated heterocycles. The molecule has 1 aliphatic rings. The maximum atomic E-state index is 12.4. The van der Waals surface area contributed by atoms with Crippen molar-refractivity contribution in [1.82, 2.24) is 14.9 Å². The van der Waals surface area contributed by atoms with Crippen LogP contribution in [0.4, 0.5) is 4.79 Å². The summed E-state index contributed by atoms with van der Waals surface area (Å²) < 4.78 is 23.6. The van der Waals surface area contributed by atoms with Crippen LogP contribution in [0.5, 0.6) is 0 Å². The molecule has 1 aliphatic heterocycles. The topological polar surface area (TPSA) is 91.5 Å². The summed E-state index contributed by atoms with van der Waals surface area (Å²) in [6, 6.07) is 11.1. The van der Waals surface area contributed by atoms with Crippen LogP contribution >= 0.6 is 23.4 Å². The van der Waals surface area contributed by atoms with Gasteiger partial charge in [-0.2, -0.15) is 0 Å². The fourth-order valence-corrected chi connectivity index (χ4v) is 5.16. The summed E-state index contributed by atoms with van der Waals surface area (Å²) in [6.07, 6.45) is 4.42. The molecule has 7 nitrogen and oxygen atoms in total. The van der Waals surface area contributed by atoms with Gasteiger partial charge in [0.1, 0.15) is 22.6 Å². The molecule has 1 aromatic carbocycles. The third-order valence-corrected chi connectivity index (χ3v) is 7.54. The Kier molecular flexibility index (Phi) is 8.00. The lowest BCUT2D eigenvalue weighted by Gasteiger charge is -2.32. The Labute approximate surface area is 217 Å². The number of rotatable bonds is 5. The molecule has 3 aromatic rings. The standard InChI is InChI=1S/C25H28ClN3O4S2/c1-25(2,3)33-24(30)29-13-11-17(12-14-29)22-28-21(16-5-8-19(9-6-16)35(4)31)23(32-22)34-20-10-7-18(26)15-27-20/h5-10,15,17H,11-14H2,1-4H3. The maximum Gasteiger partial charge on any atom is 0.410 e. The number of piperidine rings is 1. The summed E-state index contributed by atoms with van der Waals surface area (Å²) >= 11 is 6.31. The summed E-state index contributed by atoms with van der Waals surface area (Å²) in [5.41, 5.74) is 1.06. The number of carbonyl (C=O) groups excluding carboxylic acids is 1. The zero-order chi connectivity index (χ0) is 25.2. The van der Waals surface area contributed by atoms with E-state index in [9.17, 15) is 9.35 Å².